The predicted molar refractivity (Wildman–Crippen MR) is 103 cm³/mol. The number of fused-ring (bicyclic) bond motifs is 1. The Bertz CT molecular complexity index is 1040. The summed E-state index contributed by atoms with van der Waals surface area (Å²) in [7, 11) is 0. The molecule has 0 spiro atoms. The molecule has 2 nitrogen and oxygen atoms in total. The number of aromatic nitrogens is 1. The molecule has 4 rings (SSSR count). The van der Waals surface area contributed by atoms with Crippen LogP contribution < -0.4 is 4.74 Å². The summed E-state index contributed by atoms with van der Waals surface area (Å²) in [6, 6.07) is 26.6. The first kappa shape index (κ1) is 15.4. The molecule has 4 aromatic rings. The van der Waals surface area contributed by atoms with Gasteiger partial charge in [0.05, 0.1) is 5.52 Å². The van der Waals surface area contributed by atoms with Crippen LogP contribution in [0.15, 0.2) is 78.9 Å². The SMILES string of the molecule is Cc1cccc(Oc2nc3ccccc3cc2-c2ccccc2)c1C. The summed E-state index contributed by atoms with van der Waals surface area (Å²) in [5.74, 6) is 1.48. The zero-order chi connectivity index (χ0) is 17.2. The highest BCUT2D eigenvalue weighted by atomic mass is 16.5. The first-order valence-corrected chi connectivity index (χ1v) is 8.41. The van der Waals surface area contributed by atoms with Gasteiger partial charge < -0.3 is 4.74 Å². The van der Waals surface area contributed by atoms with E-state index in [1.54, 1.807) is 0 Å². The van der Waals surface area contributed by atoms with Gasteiger partial charge in [-0.3, -0.25) is 0 Å². The van der Waals surface area contributed by atoms with E-state index in [0.29, 0.717) is 5.88 Å². The van der Waals surface area contributed by atoms with Gasteiger partial charge in [-0.1, -0.05) is 60.7 Å². The average molecular weight is 325 g/mol. The van der Waals surface area contributed by atoms with Crippen LogP contribution in [0.5, 0.6) is 11.6 Å². The molecule has 0 N–H and O–H groups in total. The maximum atomic E-state index is 6.27. The lowest BCUT2D eigenvalue weighted by molar-refractivity contribution is 0.463. The third-order valence-electron chi connectivity index (χ3n) is 4.54. The van der Waals surface area contributed by atoms with Crippen molar-refractivity contribution in [3.8, 4) is 22.8 Å². The van der Waals surface area contributed by atoms with Crippen LogP contribution in [0.25, 0.3) is 22.0 Å². The summed E-state index contributed by atoms with van der Waals surface area (Å²) in [4.78, 5) is 4.80. The molecule has 0 saturated carbocycles. The van der Waals surface area contributed by atoms with Crippen molar-refractivity contribution < 1.29 is 4.74 Å². The molecule has 1 aromatic heterocycles. The van der Waals surface area contributed by atoms with Crippen molar-refractivity contribution in [3.63, 3.8) is 0 Å². The zero-order valence-electron chi connectivity index (χ0n) is 14.4. The van der Waals surface area contributed by atoms with Crippen LogP contribution in [0.1, 0.15) is 11.1 Å². The van der Waals surface area contributed by atoms with Gasteiger partial charge in [0.15, 0.2) is 0 Å². The van der Waals surface area contributed by atoms with Crippen molar-refractivity contribution in [3.05, 3.63) is 90.0 Å². The Hall–Kier alpha value is -3.13. The summed E-state index contributed by atoms with van der Waals surface area (Å²) in [5.41, 5.74) is 5.37. The average Bonchev–Trinajstić information content (AvgIpc) is 2.65. The van der Waals surface area contributed by atoms with Crippen LogP contribution in [0.2, 0.25) is 0 Å². The van der Waals surface area contributed by atoms with Gasteiger partial charge in [0, 0.05) is 10.9 Å². The second-order valence-electron chi connectivity index (χ2n) is 6.20. The van der Waals surface area contributed by atoms with Gasteiger partial charge in [0.25, 0.3) is 0 Å². The van der Waals surface area contributed by atoms with Crippen molar-refractivity contribution in [2.45, 2.75) is 13.8 Å². The van der Waals surface area contributed by atoms with Crippen molar-refractivity contribution >= 4 is 10.9 Å². The first-order chi connectivity index (χ1) is 12.2. The van der Waals surface area contributed by atoms with Gasteiger partial charge in [0.1, 0.15) is 5.75 Å². The summed E-state index contributed by atoms with van der Waals surface area (Å²) in [5, 5.41) is 1.11. The molecule has 0 aliphatic rings. The molecule has 0 saturated heterocycles. The fraction of sp³-hybridized carbons (Fsp3) is 0.0870. The van der Waals surface area contributed by atoms with E-state index in [2.05, 4.69) is 44.2 Å². The minimum atomic E-state index is 0.638. The highest BCUT2D eigenvalue weighted by molar-refractivity contribution is 5.86. The smallest absolute Gasteiger partial charge is 0.227 e. The Balaban J connectivity index is 1.90. The summed E-state index contributed by atoms with van der Waals surface area (Å²) < 4.78 is 6.27. The van der Waals surface area contributed by atoms with Crippen molar-refractivity contribution in [1.82, 2.24) is 4.98 Å². The van der Waals surface area contributed by atoms with Crippen molar-refractivity contribution in [2.75, 3.05) is 0 Å². The second kappa shape index (κ2) is 6.40. The van der Waals surface area contributed by atoms with Crippen molar-refractivity contribution in [2.24, 2.45) is 0 Å². The Morgan fingerprint density at radius 3 is 2.36 bits per heavy atom. The van der Waals surface area contributed by atoms with E-state index in [1.165, 1.54) is 5.56 Å². The molecule has 25 heavy (non-hydrogen) atoms. The van der Waals surface area contributed by atoms with Gasteiger partial charge in [-0.15, -0.1) is 0 Å². The van der Waals surface area contributed by atoms with Gasteiger partial charge >= 0.3 is 0 Å². The lowest BCUT2D eigenvalue weighted by Crippen LogP contribution is -1.95. The molecule has 0 amide bonds. The molecule has 0 unspecified atom stereocenters. The zero-order valence-corrected chi connectivity index (χ0v) is 14.4. The van der Waals surface area contributed by atoms with Crippen LogP contribution in [0.4, 0.5) is 0 Å². The third kappa shape index (κ3) is 2.99. The topological polar surface area (TPSA) is 22.1 Å². The van der Waals surface area contributed by atoms with Crippen LogP contribution in [-0.4, -0.2) is 4.98 Å². The normalized spacial score (nSPS) is 10.8. The Kier molecular flexibility index (Phi) is 3.95. The van der Waals surface area contributed by atoms with Gasteiger partial charge in [0.2, 0.25) is 5.88 Å². The number of para-hydroxylation sites is 1. The molecule has 0 atom stereocenters. The van der Waals surface area contributed by atoms with E-state index in [0.717, 1.165) is 33.3 Å². The predicted octanol–water partition coefficient (Wildman–Crippen LogP) is 6.31. The quantitative estimate of drug-likeness (QED) is 0.440. The number of nitrogens with zero attached hydrogens (tertiary/aromatic N) is 1. The fourth-order valence-electron chi connectivity index (χ4n) is 2.94. The summed E-state index contributed by atoms with van der Waals surface area (Å²) in [6.45, 7) is 4.17. The van der Waals surface area contributed by atoms with Crippen molar-refractivity contribution in [1.29, 1.82) is 0 Å². The molecule has 0 aliphatic heterocycles. The summed E-state index contributed by atoms with van der Waals surface area (Å²) >= 11 is 0. The molecule has 1 heterocycles. The highest BCUT2D eigenvalue weighted by Crippen LogP contribution is 2.35. The number of pyridine rings is 1. The Morgan fingerprint density at radius 2 is 1.52 bits per heavy atom. The third-order valence-corrected chi connectivity index (χ3v) is 4.54. The van der Waals surface area contributed by atoms with Crippen LogP contribution in [-0.2, 0) is 0 Å². The molecule has 0 aliphatic carbocycles. The molecule has 3 aromatic carbocycles. The largest absolute Gasteiger partial charge is 0.438 e. The number of hydrogen-bond donors (Lipinski definition) is 0. The van der Waals surface area contributed by atoms with E-state index in [1.807, 2.05) is 48.5 Å². The number of rotatable bonds is 3. The van der Waals surface area contributed by atoms with Gasteiger partial charge in [-0.05, 0) is 48.7 Å². The number of hydrogen-bond acceptors (Lipinski definition) is 2. The summed E-state index contributed by atoms with van der Waals surface area (Å²) in [6.07, 6.45) is 0. The number of ether oxygens (including phenoxy) is 1. The van der Waals surface area contributed by atoms with Gasteiger partial charge in [-0.25, -0.2) is 4.98 Å². The van der Waals surface area contributed by atoms with E-state index < -0.39 is 0 Å². The molecule has 0 radical (unpaired) electrons. The standard InChI is InChI=1S/C23H19NO/c1-16-9-8-14-22(17(16)2)25-23-20(18-10-4-3-5-11-18)15-19-12-6-7-13-21(19)24-23/h3-15H,1-2H3. The monoisotopic (exact) mass is 325 g/mol. The maximum Gasteiger partial charge on any atom is 0.227 e. The molecule has 2 heteroatoms. The van der Waals surface area contributed by atoms with E-state index in [-0.39, 0.29) is 0 Å². The molecule has 0 fully saturated rings. The lowest BCUT2D eigenvalue weighted by Gasteiger charge is -2.14. The lowest BCUT2D eigenvalue weighted by atomic mass is 10.0. The maximum absolute atomic E-state index is 6.27. The molecular weight excluding hydrogens is 306 g/mol. The van der Waals surface area contributed by atoms with Crippen LogP contribution >= 0.6 is 0 Å². The Labute approximate surface area is 147 Å². The Morgan fingerprint density at radius 1 is 0.760 bits per heavy atom. The van der Waals surface area contributed by atoms with E-state index in [9.17, 15) is 0 Å². The highest BCUT2D eigenvalue weighted by Gasteiger charge is 2.13. The van der Waals surface area contributed by atoms with Crippen LogP contribution in [0, 0.1) is 13.8 Å². The minimum absolute atomic E-state index is 0.638. The van der Waals surface area contributed by atoms with Crippen LogP contribution in [0.3, 0.4) is 0 Å². The van der Waals surface area contributed by atoms with Gasteiger partial charge in [-0.2, -0.15) is 0 Å². The molecular formula is C23H19NO. The molecule has 0 bridgehead atoms. The first-order valence-electron chi connectivity index (χ1n) is 8.41. The molecule has 122 valence electrons. The second-order valence-corrected chi connectivity index (χ2v) is 6.20. The minimum Gasteiger partial charge on any atom is -0.438 e. The van der Waals surface area contributed by atoms with E-state index in [4.69, 9.17) is 9.72 Å². The number of aryl methyl sites for hydroxylation is 1. The number of benzene rings is 3. The van der Waals surface area contributed by atoms with E-state index >= 15 is 0 Å². The fourth-order valence-corrected chi connectivity index (χ4v) is 2.94.